The number of aromatic nitrogens is 2. The summed E-state index contributed by atoms with van der Waals surface area (Å²) >= 11 is 0. The van der Waals surface area contributed by atoms with E-state index in [0.717, 1.165) is 41.9 Å². The van der Waals surface area contributed by atoms with Crippen LogP contribution in [-0.2, 0) is 0 Å². The van der Waals surface area contributed by atoms with Gasteiger partial charge in [-0.3, -0.25) is 0 Å². The number of hydrogen-bond acceptors (Lipinski definition) is 3. The minimum absolute atomic E-state index is 0. The Kier molecular flexibility index (Phi) is 5.70. The van der Waals surface area contributed by atoms with E-state index in [9.17, 15) is 0 Å². The molecule has 25 heavy (non-hydrogen) atoms. The average molecular weight is 338 g/mol. The molecular formula is C21H21N3Na. The molecule has 1 radical (unpaired) electrons. The van der Waals surface area contributed by atoms with Crippen molar-refractivity contribution in [3.63, 3.8) is 0 Å². The van der Waals surface area contributed by atoms with Gasteiger partial charge in [0.2, 0.25) is 0 Å². The first-order chi connectivity index (χ1) is 11.7. The van der Waals surface area contributed by atoms with Crippen LogP contribution in [0.15, 0.2) is 54.6 Å². The Hall–Kier alpha value is -1.52. The maximum atomic E-state index is 4.98. The molecule has 2 heterocycles. The summed E-state index contributed by atoms with van der Waals surface area (Å²) < 4.78 is 0. The van der Waals surface area contributed by atoms with Crippen LogP contribution in [0, 0.1) is 6.92 Å². The first-order valence-corrected chi connectivity index (χ1v) is 8.43. The summed E-state index contributed by atoms with van der Waals surface area (Å²) in [5, 5.41) is 1.11. The number of likely N-dealkylation sites (N-methyl/N-ethyl adjacent to an activating group) is 1. The third kappa shape index (κ3) is 3.70. The Morgan fingerprint density at radius 1 is 0.960 bits per heavy atom. The normalized spacial score (nSPS) is 14.9. The van der Waals surface area contributed by atoms with Crippen molar-refractivity contribution < 1.29 is 0 Å². The van der Waals surface area contributed by atoms with Crippen molar-refractivity contribution in [1.29, 1.82) is 0 Å². The Balaban J connectivity index is 0.00000182. The van der Waals surface area contributed by atoms with Crippen molar-refractivity contribution in [2.45, 2.75) is 13.3 Å². The number of fused-ring (bicyclic) bond motifs is 1. The van der Waals surface area contributed by atoms with Crippen LogP contribution in [0.1, 0.15) is 17.8 Å². The molecular weight excluding hydrogens is 317 g/mol. The second-order valence-corrected chi connectivity index (χ2v) is 6.47. The van der Waals surface area contributed by atoms with Crippen LogP contribution in [0.4, 0.5) is 0 Å². The van der Waals surface area contributed by atoms with Crippen LogP contribution in [0.25, 0.3) is 27.7 Å². The van der Waals surface area contributed by atoms with E-state index < -0.39 is 0 Å². The molecule has 1 aliphatic rings. The van der Waals surface area contributed by atoms with Crippen LogP contribution in [0.3, 0.4) is 0 Å². The molecule has 0 unspecified atom stereocenters. The Morgan fingerprint density at radius 2 is 1.72 bits per heavy atom. The summed E-state index contributed by atoms with van der Waals surface area (Å²) in [5.74, 6) is 0.875. The van der Waals surface area contributed by atoms with Crippen molar-refractivity contribution in [3.8, 4) is 11.3 Å². The molecule has 3 aromatic rings. The summed E-state index contributed by atoms with van der Waals surface area (Å²) in [4.78, 5) is 12.1. The summed E-state index contributed by atoms with van der Waals surface area (Å²) in [5.41, 5.74) is 5.73. The number of benzene rings is 2. The van der Waals surface area contributed by atoms with Gasteiger partial charge < -0.3 is 4.90 Å². The fraction of sp³-hybridized carbons (Fsp3) is 0.238. The molecule has 121 valence electrons. The summed E-state index contributed by atoms with van der Waals surface area (Å²) in [7, 11) is 2.15. The molecule has 0 saturated heterocycles. The monoisotopic (exact) mass is 338 g/mol. The fourth-order valence-corrected chi connectivity index (χ4v) is 3.24. The van der Waals surface area contributed by atoms with Gasteiger partial charge in [-0.1, -0.05) is 48.5 Å². The molecule has 0 spiro atoms. The zero-order chi connectivity index (χ0) is 16.5. The van der Waals surface area contributed by atoms with Crippen LogP contribution in [0.5, 0.6) is 0 Å². The van der Waals surface area contributed by atoms with E-state index in [2.05, 4.69) is 67.4 Å². The third-order valence-electron chi connectivity index (χ3n) is 4.70. The maximum absolute atomic E-state index is 4.98. The Morgan fingerprint density at radius 3 is 2.48 bits per heavy atom. The largest absolute Gasteiger partial charge is 0.302 e. The Labute approximate surface area is 171 Å². The molecule has 0 bridgehead atoms. The smallest absolute Gasteiger partial charge is 0.156 e. The second kappa shape index (κ2) is 7.79. The molecule has 0 N–H and O–H groups in total. The number of hydrogen-bond donors (Lipinski definition) is 0. The van der Waals surface area contributed by atoms with Gasteiger partial charge in [0.1, 0.15) is 0 Å². The molecule has 0 fully saturated rings. The predicted octanol–water partition coefficient (Wildman–Crippen LogP) is 3.94. The fourth-order valence-electron chi connectivity index (χ4n) is 3.24. The molecule has 3 nitrogen and oxygen atoms in total. The van der Waals surface area contributed by atoms with Gasteiger partial charge in [-0.05, 0) is 37.6 Å². The molecule has 1 aromatic heterocycles. The first kappa shape index (κ1) is 18.3. The summed E-state index contributed by atoms with van der Waals surface area (Å²) in [6, 6.07) is 16.7. The SMILES string of the molecule is Cc1ccccc1-c1nc(C2=CCN(C)CC2)nc2ccccc12.[Na]. The van der Waals surface area contributed by atoms with Gasteiger partial charge in [0.25, 0.3) is 0 Å². The number of nitrogens with zero attached hydrogens (tertiary/aromatic N) is 3. The zero-order valence-electron chi connectivity index (χ0n) is 15.2. The number of aryl methyl sites for hydroxylation is 1. The van der Waals surface area contributed by atoms with Gasteiger partial charge in [-0.25, -0.2) is 9.97 Å². The van der Waals surface area contributed by atoms with Gasteiger partial charge in [0, 0.05) is 53.6 Å². The quantitative estimate of drug-likeness (QED) is 0.663. The molecule has 1 aliphatic heterocycles. The van der Waals surface area contributed by atoms with Crippen LogP contribution < -0.4 is 0 Å². The molecule has 4 heteroatoms. The van der Waals surface area contributed by atoms with Crippen molar-refractivity contribution in [2.75, 3.05) is 20.1 Å². The van der Waals surface area contributed by atoms with Crippen molar-refractivity contribution in [1.82, 2.24) is 14.9 Å². The van der Waals surface area contributed by atoms with E-state index in [1.807, 2.05) is 6.07 Å². The zero-order valence-corrected chi connectivity index (χ0v) is 17.2. The van der Waals surface area contributed by atoms with Gasteiger partial charge >= 0.3 is 0 Å². The van der Waals surface area contributed by atoms with Gasteiger partial charge in [-0.15, -0.1) is 0 Å². The first-order valence-electron chi connectivity index (χ1n) is 8.43. The molecule has 2 aromatic carbocycles. The number of rotatable bonds is 2. The average Bonchev–Trinajstić information content (AvgIpc) is 2.62. The van der Waals surface area contributed by atoms with Crippen molar-refractivity contribution in [3.05, 3.63) is 66.0 Å². The second-order valence-electron chi connectivity index (χ2n) is 6.47. The van der Waals surface area contributed by atoms with Crippen LogP contribution in [-0.4, -0.2) is 64.6 Å². The van der Waals surface area contributed by atoms with E-state index in [-0.39, 0.29) is 29.6 Å². The van der Waals surface area contributed by atoms with Crippen molar-refractivity contribution in [2.24, 2.45) is 0 Å². The van der Waals surface area contributed by atoms with Gasteiger partial charge in [-0.2, -0.15) is 0 Å². The van der Waals surface area contributed by atoms with Crippen LogP contribution >= 0.6 is 0 Å². The topological polar surface area (TPSA) is 29.0 Å². The molecule has 4 rings (SSSR count). The van der Waals surface area contributed by atoms with E-state index >= 15 is 0 Å². The van der Waals surface area contributed by atoms with E-state index in [4.69, 9.17) is 9.97 Å². The molecule has 0 amide bonds. The predicted molar refractivity (Wildman–Crippen MR) is 106 cm³/mol. The third-order valence-corrected chi connectivity index (χ3v) is 4.70. The Bertz CT molecular complexity index is 933. The van der Waals surface area contributed by atoms with E-state index in [0.29, 0.717) is 0 Å². The standard InChI is InChI=1S/C21H21N3.Na/c1-15-7-3-4-8-17(15)20-18-9-5-6-10-19(18)22-21(23-20)16-11-13-24(2)14-12-16;/h3-11H,12-14H2,1-2H3;. The van der Waals surface area contributed by atoms with Crippen molar-refractivity contribution >= 4 is 46.0 Å². The minimum atomic E-state index is 0. The molecule has 0 saturated carbocycles. The van der Waals surface area contributed by atoms with Crippen LogP contribution in [0.2, 0.25) is 0 Å². The maximum Gasteiger partial charge on any atom is 0.156 e. The summed E-state index contributed by atoms with van der Waals surface area (Å²) in [6.45, 7) is 4.16. The molecule has 0 aliphatic carbocycles. The van der Waals surface area contributed by atoms with Gasteiger partial charge in [0.05, 0.1) is 11.2 Å². The minimum Gasteiger partial charge on any atom is -0.302 e. The van der Waals surface area contributed by atoms with E-state index in [1.165, 1.54) is 16.7 Å². The molecule has 0 atom stereocenters. The summed E-state index contributed by atoms with van der Waals surface area (Å²) in [6.07, 6.45) is 3.26. The number of para-hydroxylation sites is 1. The van der Waals surface area contributed by atoms with E-state index in [1.54, 1.807) is 0 Å². The van der Waals surface area contributed by atoms with Gasteiger partial charge in [0.15, 0.2) is 5.82 Å².